The number of hydrogen-bond acceptors (Lipinski definition) is 3. The largest absolute Gasteiger partial charge is 0.471 e. The fourth-order valence-electron chi connectivity index (χ4n) is 1.67. The Balaban J connectivity index is 2.41. The van der Waals surface area contributed by atoms with Crippen molar-refractivity contribution in [3.8, 4) is 12.3 Å². The van der Waals surface area contributed by atoms with E-state index < -0.39 is 5.60 Å². The Labute approximate surface area is 105 Å². The molecule has 1 aromatic carbocycles. The molecule has 2 rings (SSSR count). The molecule has 90 valence electrons. The van der Waals surface area contributed by atoms with Gasteiger partial charge in [-0.3, -0.25) is 9.59 Å². The topological polar surface area (TPSA) is 43.4 Å². The molecule has 0 N–H and O–H groups in total. The number of Topliss-reactive ketones (excluding diaryl/α,β-unsaturated/α-hetero) is 1. The third-order valence-electron chi connectivity index (χ3n) is 2.64. The fraction of sp³-hybridized carbons (Fsp3) is 0.200. The normalized spacial score (nSPS) is 14.6. The van der Waals surface area contributed by atoms with Crippen LogP contribution in [0.1, 0.15) is 34.6 Å². The molecule has 0 spiro atoms. The SMILES string of the molecule is C#CC(C)(C)OC1=CC(=O)c2ccccc2C1=O. The Morgan fingerprint density at radius 2 is 1.78 bits per heavy atom. The van der Waals surface area contributed by atoms with Gasteiger partial charge in [-0.1, -0.05) is 30.2 Å². The molecule has 0 amide bonds. The Bertz CT molecular complexity index is 600. The van der Waals surface area contributed by atoms with E-state index in [0.29, 0.717) is 11.1 Å². The monoisotopic (exact) mass is 240 g/mol. The average Bonchev–Trinajstić information content (AvgIpc) is 2.35. The molecule has 0 bridgehead atoms. The number of ether oxygens (including phenoxy) is 1. The van der Waals surface area contributed by atoms with Crippen LogP contribution in [0, 0.1) is 12.3 Å². The number of ketones is 2. The average molecular weight is 240 g/mol. The van der Waals surface area contributed by atoms with Gasteiger partial charge in [0, 0.05) is 17.2 Å². The van der Waals surface area contributed by atoms with Crippen LogP contribution in [0.4, 0.5) is 0 Å². The smallest absolute Gasteiger partial charge is 0.228 e. The summed E-state index contributed by atoms with van der Waals surface area (Å²) in [6.45, 7) is 3.32. The van der Waals surface area contributed by atoms with Crippen LogP contribution in [0.15, 0.2) is 36.1 Å². The Morgan fingerprint density at radius 1 is 1.17 bits per heavy atom. The molecule has 0 aliphatic heterocycles. The highest BCUT2D eigenvalue weighted by Crippen LogP contribution is 2.24. The van der Waals surface area contributed by atoms with E-state index in [-0.39, 0.29) is 17.3 Å². The van der Waals surface area contributed by atoms with Crippen molar-refractivity contribution >= 4 is 11.6 Å². The van der Waals surface area contributed by atoms with E-state index in [1.807, 2.05) is 0 Å². The van der Waals surface area contributed by atoms with Gasteiger partial charge in [0.2, 0.25) is 5.78 Å². The summed E-state index contributed by atoms with van der Waals surface area (Å²) in [5.74, 6) is 1.87. The van der Waals surface area contributed by atoms with Crippen molar-refractivity contribution < 1.29 is 14.3 Å². The van der Waals surface area contributed by atoms with E-state index in [1.165, 1.54) is 6.08 Å². The highest BCUT2D eigenvalue weighted by Gasteiger charge is 2.29. The van der Waals surface area contributed by atoms with Crippen LogP contribution in [-0.2, 0) is 4.74 Å². The summed E-state index contributed by atoms with van der Waals surface area (Å²) in [6, 6.07) is 6.65. The van der Waals surface area contributed by atoms with E-state index in [2.05, 4.69) is 5.92 Å². The molecule has 3 nitrogen and oxygen atoms in total. The summed E-state index contributed by atoms with van der Waals surface area (Å²) in [4.78, 5) is 24.0. The lowest BCUT2D eigenvalue weighted by atomic mass is 9.93. The first-order valence-corrected chi connectivity index (χ1v) is 5.51. The molecule has 0 unspecified atom stereocenters. The second-order valence-corrected chi connectivity index (χ2v) is 4.50. The second kappa shape index (κ2) is 4.15. The maximum Gasteiger partial charge on any atom is 0.228 e. The van der Waals surface area contributed by atoms with Crippen molar-refractivity contribution in [2.45, 2.75) is 19.4 Å². The lowest BCUT2D eigenvalue weighted by molar-refractivity contribution is 0.0628. The molecule has 0 radical (unpaired) electrons. The van der Waals surface area contributed by atoms with Crippen molar-refractivity contribution in [1.82, 2.24) is 0 Å². The highest BCUT2D eigenvalue weighted by molar-refractivity contribution is 6.23. The Kier molecular flexibility index (Phi) is 2.80. The van der Waals surface area contributed by atoms with Gasteiger partial charge < -0.3 is 4.74 Å². The summed E-state index contributed by atoms with van der Waals surface area (Å²) in [5, 5.41) is 0. The molecular formula is C15H12O3. The lowest BCUT2D eigenvalue weighted by Gasteiger charge is -2.23. The minimum atomic E-state index is -0.923. The maximum absolute atomic E-state index is 12.1. The van der Waals surface area contributed by atoms with Crippen LogP contribution in [-0.4, -0.2) is 17.2 Å². The molecular weight excluding hydrogens is 228 g/mol. The third kappa shape index (κ3) is 2.05. The molecule has 0 fully saturated rings. The molecule has 3 heteroatoms. The summed E-state index contributed by atoms with van der Waals surface area (Å²) >= 11 is 0. The minimum Gasteiger partial charge on any atom is -0.471 e. The number of carbonyl (C=O) groups is 2. The first-order chi connectivity index (χ1) is 8.44. The van der Waals surface area contributed by atoms with Crippen LogP contribution in [0.2, 0.25) is 0 Å². The van der Waals surface area contributed by atoms with Gasteiger partial charge in [0.25, 0.3) is 0 Å². The summed E-state index contributed by atoms with van der Waals surface area (Å²) in [7, 11) is 0. The first kappa shape index (κ1) is 12.1. The van der Waals surface area contributed by atoms with E-state index in [1.54, 1.807) is 38.1 Å². The van der Waals surface area contributed by atoms with Gasteiger partial charge in [-0.25, -0.2) is 0 Å². The maximum atomic E-state index is 12.1. The number of carbonyl (C=O) groups excluding carboxylic acids is 2. The van der Waals surface area contributed by atoms with E-state index in [9.17, 15) is 9.59 Å². The summed E-state index contributed by atoms with van der Waals surface area (Å²) in [6.07, 6.45) is 6.50. The van der Waals surface area contributed by atoms with Crippen molar-refractivity contribution in [3.05, 3.63) is 47.2 Å². The molecule has 18 heavy (non-hydrogen) atoms. The number of terminal acetylenes is 1. The molecule has 1 aliphatic rings. The number of hydrogen-bond donors (Lipinski definition) is 0. The molecule has 0 atom stereocenters. The molecule has 1 aliphatic carbocycles. The van der Waals surface area contributed by atoms with Gasteiger partial charge >= 0.3 is 0 Å². The van der Waals surface area contributed by atoms with Gasteiger partial charge in [-0.15, -0.1) is 6.42 Å². The van der Waals surface area contributed by atoms with Crippen molar-refractivity contribution in [2.24, 2.45) is 0 Å². The van der Waals surface area contributed by atoms with E-state index in [0.717, 1.165) is 0 Å². The predicted octanol–water partition coefficient (Wildman–Crippen LogP) is 2.38. The lowest BCUT2D eigenvalue weighted by Crippen LogP contribution is -2.27. The molecule has 0 saturated carbocycles. The molecule has 0 saturated heterocycles. The van der Waals surface area contributed by atoms with Crippen molar-refractivity contribution in [2.75, 3.05) is 0 Å². The molecule has 1 aromatic rings. The number of benzene rings is 1. The Hall–Kier alpha value is -2.34. The minimum absolute atomic E-state index is 0.00153. The van der Waals surface area contributed by atoms with Crippen LogP contribution in [0.25, 0.3) is 0 Å². The molecule has 0 heterocycles. The summed E-state index contributed by atoms with van der Waals surface area (Å²) < 4.78 is 5.42. The number of allylic oxidation sites excluding steroid dienone is 2. The molecule has 0 aromatic heterocycles. The standard InChI is InChI=1S/C15H12O3/c1-4-15(2,3)18-13-9-12(16)10-7-5-6-8-11(10)14(13)17/h1,5-9H,2-3H3. The number of rotatable bonds is 2. The van der Waals surface area contributed by atoms with E-state index >= 15 is 0 Å². The fourth-order valence-corrected chi connectivity index (χ4v) is 1.67. The number of fused-ring (bicyclic) bond motifs is 1. The van der Waals surface area contributed by atoms with Crippen LogP contribution >= 0.6 is 0 Å². The van der Waals surface area contributed by atoms with Gasteiger partial charge in [0.1, 0.15) is 0 Å². The van der Waals surface area contributed by atoms with Gasteiger partial charge in [0.05, 0.1) is 0 Å². The van der Waals surface area contributed by atoms with Gasteiger partial charge in [0.15, 0.2) is 17.1 Å². The quantitative estimate of drug-likeness (QED) is 0.745. The van der Waals surface area contributed by atoms with Crippen molar-refractivity contribution in [1.29, 1.82) is 0 Å². The van der Waals surface area contributed by atoms with Crippen LogP contribution in [0.5, 0.6) is 0 Å². The third-order valence-corrected chi connectivity index (χ3v) is 2.64. The zero-order chi connectivity index (χ0) is 13.3. The zero-order valence-electron chi connectivity index (χ0n) is 10.2. The van der Waals surface area contributed by atoms with Gasteiger partial charge in [-0.05, 0) is 13.8 Å². The Morgan fingerprint density at radius 3 is 2.39 bits per heavy atom. The van der Waals surface area contributed by atoms with Crippen LogP contribution < -0.4 is 0 Å². The van der Waals surface area contributed by atoms with Crippen LogP contribution in [0.3, 0.4) is 0 Å². The highest BCUT2D eigenvalue weighted by atomic mass is 16.5. The first-order valence-electron chi connectivity index (χ1n) is 5.51. The predicted molar refractivity (Wildman–Crippen MR) is 67.2 cm³/mol. The van der Waals surface area contributed by atoms with E-state index in [4.69, 9.17) is 11.2 Å². The second-order valence-electron chi connectivity index (χ2n) is 4.50. The zero-order valence-corrected chi connectivity index (χ0v) is 10.2. The van der Waals surface area contributed by atoms with Gasteiger partial charge in [-0.2, -0.15) is 0 Å². The van der Waals surface area contributed by atoms with Crippen molar-refractivity contribution in [3.63, 3.8) is 0 Å². The summed E-state index contributed by atoms with van der Waals surface area (Å²) in [5.41, 5.74) is -0.171.